The van der Waals surface area contributed by atoms with E-state index in [0.717, 1.165) is 42.6 Å². The first-order chi connectivity index (χ1) is 10.1. The van der Waals surface area contributed by atoms with E-state index in [2.05, 4.69) is 10.1 Å². The third kappa shape index (κ3) is 2.65. The standard InChI is InChI=1S/C16H21N3O2/c1-11-6-7-12(10-13(11)20-2)14-18-15(19-21-14)16(17)8-4-3-5-9-16/h6-7,10H,3-5,8-9,17H2,1-2H3. The zero-order chi connectivity index (χ0) is 14.9. The predicted octanol–water partition coefficient (Wildman–Crippen LogP) is 3.17. The normalized spacial score (nSPS) is 17.7. The zero-order valence-electron chi connectivity index (χ0n) is 12.6. The number of ether oxygens (including phenoxy) is 1. The van der Waals surface area contributed by atoms with E-state index in [1.807, 2.05) is 25.1 Å². The SMILES string of the molecule is COc1cc(-c2nc(C3(N)CCCCC3)no2)ccc1C. The van der Waals surface area contributed by atoms with E-state index < -0.39 is 5.54 Å². The van der Waals surface area contributed by atoms with Crippen LogP contribution >= 0.6 is 0 Å². The van der Waals surface area contributed by atoms with Crippen LogP contribution in [0.5, 0.6) is 5.75 Å². The van der Waals surface area contributed by atoms with Gasteiger partial charge in [0, 0.05) is 5.56 Å². The van der Waals surface area contributed by atoms with Crippen LogP contribution in [-0.4, -0.2) is 17.3 Å². The van der Waals surface area contributed by atoms with Gasteiger partial charge in [0.15, 0.2) is 5.82 Å². The van der Waals surface area contributed by atoms with Gasteiger partial charge >= 0.3 is 0 Å². The molecule has 0 amide bonds. The lowest BCUT2D eigenvalue weighted by Gasteiger charge is -2.29. The molecule has 2 aromatic rings. The van der Waals surface area contributed by atoms with Gasteiger partial charge in [0.1, 0.15) is 5.75 Å². The Morgan fingerprint density at radius 2 is 2.00 bits per heavy atom. The predicted molar refractivity (Wildman–Crippen MR) is 80.0 cm³/mol. The molecule has 0 atom stereocenters. The maximum atomic E-state index is 6.44. The number of hydrogen-bond acceptors (Lipinski definition) is 5. The van der Waals surface area contributed by atoms with Crippen LogP contribution in [0.1, 0.15) is 43.5 Å². The van der Waals surface area contributed by atoms with Crippen molar-refractivity contribution in [2.75, 3.05) is 7.11 Å². The number of nitrogens with zero attached hydrogens (tertiary/aromatic N) is 2. The molecule has 0 saturated heterocycles. The fourth-order valence-corrected chi connectivity index (χ4v) is 2.90. The molecule has 1 aromatic carbocycles. The van der Waals surface area contributed by atoms with Crippen molar-refractivity contribution in [3.05, 3.63) is 29.6 Å². The highest BCUT2D eigenvalue weighted by Crippen LogP contribution is 2.34. The van der Waals surface area contributed by atoms with Crippen molar-refractivity contribution in [2.45, 2.75) is 44.6 Å². The number of benzene rings is 1. The van der Waals surface area contributed by atoms with Gasteiger partial charge in [-0.25, -0.2) is 0 Å². The number of rotatable bonds is 3. The Kier molecular flexibility index (Phi) is 3.68. The minimum atomic E-state index is -0.436. The van der Waals surface area contributed by atoms with Crippen LogP contribution in [0, 0.1) is 6.92 Å². The molecule has 0 bridgehead atoms. The lowest BCUT2D eigenvalue weighted by molar-refractivity contribution is 0.275. The summed E-state index contributed by atoms with van der Waals surface area (Å²) in [5, 5.41) is 4.11. The van der Waals surface area contributed by atoms with Crippen LogP contribution < -0.4 is 10.5 Å². The molecule has 1 fully saturated rings. The smallest absolute Gasteiger partial charge is 0.258 e. The van der Waals surface area contributed by atoms with Crippen molar-refractivity contribution in [3.63, 3.8) is 0 Å². The fourth-order valence-electron chi connectivity index (χ4n) is 2.90. The van der Waals surface area contributed by atoms with Gasteiger partial charge in [0.05, 0.1) is 12.6 Å². The molecule has 3 rings (SSSR count). The second-order valence-electron chi connectivity index (χ2n) is 5.82. The molecule has 0 radical (unpaired) electrons. The van der Waals surface area contributed by atoms with Gasteiger partial charge in [0.2, 0.25) is 0 Å². The summed E-state index contributed by atoms with van der Waals surface area (Å²) in [4.78, 5) is 4.52. The summed E-state index contributed by atoms with van der Waals surface area (Å²) in [5.41, 5.74) is 7.94. The first-order valence-electron chi connectivity index (χ1n) is 7.40. The van der Waals surface area contributed by atoms with Gasteiger partial charge in [-0.2, -0.15) is 4.98 Å². The largest absolute Gasteiger partial charge is 0.496 e. The minimum absolute atomic E-state index is 0.436. The van der Waals surface area contributed by atoms with E-state index in [4.69, 9.17) is 15.0 Å². The highest BCUT2D eigenvalue weighted by Gasteiger charge is 2.34. The van der Waals surface area contributed by atoms with Gasteiger partial charge in [-0.05, 0) is 37.5 Å². The zero-order valence-corrected chi connectivity index (χ0v) is 12.6. The average molecular weight is 287 g/mol. The maximum absolute atomic E-state index is 6.44. The Morgan fingerprint density at radius 1 is 1.24 bits per heavy atom. The summed E-state index contributed by atoms with van der Waals surface area (Å²) in [6.45, 7) is 2.00. The Balaban J connectivity index is 1.91. The maximum Gasteiger partial charge on any atom is 0.258 e. The molecular weight excluding hydrogens is 266 g/mol. The molecule has 112 valence electrons. The molecule has 5 heteroatoms. The Hall–Kier alpha value is -1.88. The second kappa shape index (κ2) is 5.48. The molecule has 21 heavy (non-hydrogen) atoms. The molecular formula is C16H21N3O2. The Morgan fingerprint density at radius 3 is 2.71 bits per heavy atom. The van der Waals surface area contributed by atoms with Gasteiger partial charge in [-0.15, -0.1) is 0 Å². The van der Waals surface area contributed by atoms with Gasteiger partial charge in [-0.1, -0.05) is 30.5 Å². The van der Waals surface area contributed by atoms with E-state index in [1.165, 1.54) is 6.42 Å². The van der Waals surface area contributed by atoms with Crippen molar-refractivity contribution in [1.82, 2.24) is 10.1 Å². The van der Waals surface area contributed by atoms with E-state index in [-0.39, 0.29) is 0 Å². The van der Waals surface area contributed by atoms with Gasteiger partial charge in [0.25, 0.3) is 5.89 Å². The molecule has 1 aromatic heterocycles. The van der Waals surface area contributed by atoms with Crippen molar-refractivity contribution in [2.24, 2.45) is 5.73 Å². The molecule has 0 spiro atoms. The summed E-state index contributed by atoms with van der Waals surface area (Å²) in [6, 6.07) is 5.85. The highest BCUT2D eigenvalue weighted by atomic mass is 16.5. The first-order valence-corrected chi connectivity index (χ1v) is 7.40. The lowest BCUT2D eigenvalue weighted by Crippen LogP contribution is -2.39. The third-order valence-corrected chi connectivity index (χ3v) is 4.27. The molecule has 5 nitrogen and oxygen atoms in total. The second-order valence-corrected chi connectivity index (χ2v) is 5.82. The molecule has 1 heterocycles. The molecule has 0 aliphatic heterocycles. The molecule has 2 N–H and O–H groups in total. The summed E-state index contributed by atoms with van der Waals surface area (Å²) in [5.74, 6) is 1.93. The molecule has 0 unspecified atom stereocenters. The van der Waals surface area contributed by atoms with E-state index in [9.17, 15) is 0 Å². The first kappa shape index (κ1) is 14.1. The van der Waals surface area contributed by atoms with Crippen LogP contribution in [0.4, 0.5) is 0 Å². The lowest BCUT2D eigenvalue weighted by atomic mass is 9.82. The van der Waals surface area contributed by atoms with E-state index in [1.54, 1.807) is 7.11 Å². The number of methoxy groups -OCH3 is 1. The van der Waals surface area contributed by atoms with E-state index in [0.29, 0.717) is 11.7 Å². The molecule has 1 aliphatic rings. The number of hydrogen-bond donors (Lipinski definition) is 1. The Labute approximate surface area is 124 Å². The monoisotopic (exact) mass is 287 g/mol. The molecule has 1 saturated carbocycles. The van der Waals surface area contributed by atoms with Crippen LogP contribution in [-0.2, 0) is 5.54 Å². The number of aromatic nitrogens is 2. The van der Waals surface area contributed by atoms with Crippen LogP contribution in [0.3, 0.4) is 0 Å². The number of nitrogens with two attached hydrogens (primary N) is 1. The summed E-state index contributed by atoms with van der Waals surface area (Å²) in [7, 11) is 1.66. The summed E-state index contributed by atoms with van der Waals surface area (Å²) >= 11 is 0. The van der Waals surface area contributed by atoms with Gasteiger partial charge in [-0.3, -0.25) is 0 Å². The quantitative estimate of drug-likeness (QED) is 0.938. The van der Waals surface area contributed by atoms with Crippen molar-refractivity contribution < 1.29 is 9.26 Å². The number of aryl methyl sites for hydroxylation is 1. The minimum Gasteiger partial charge on any atom is -0.496 e. The molecule has 1 aliphatic carbocycles. The fraction of sp³-hybridized carbons (Fsp3) is 0.500. The van der Waals surface area contributed by atoms with E-state index >= 15 is 0 Å². The van der Waals surface area contributed by atoms with Crippen LogP contribution in [0.15, 0.2) is 22.7 Å². The van der Waals surface area contributed by atoms with Crippen molar-refractivity contribution in [3.8, 4) is 17.2 Å². The highest BCUT2D eigenvalue weighted by molar-refractivity contribution is 5.57. The third-order valence-electron chi connectivity index (χ3n) is 4.27. The van der Waals surface area contributed by atoms with Gasteiger partial charge < -0.3 is 15.0 Å². The van der Waals surface area contributed by atoms with Crippen LogP contribution in [0.2, 0.25) is 0 Å². The average Bonchev–Trinajstić information content (AvgIpc) is 2.99. The summed E-state index contributed by atoms with van der Waals surface area (Å²) < 4.78 is 10.7. The topological polar surface area (TPSA) is 74.2 Å². The van der Waals surface area contributed by atoms with Crippen LogP contribution in [0.25, 0.3) is 11.5 Å². The summed E-state index contributed by atoms with van der Waals surface area (Å²) in [6.07, 6.45) is 5.32. The van der Waals surface area contributed by atoms with Crippen molar-refractivity contribution in [1.29, 1.82) is 0 Å². The van der Waals surface area contributed by atoms with Crippen molar-refractivity contribution >= 4 is 0 Å². The Bertz CT molecular complexity index is 630.